The van der Waals surface area contributed by atoms with Gasteiger partial charge in [-0.25, -0.2) is 9.45 Å². The van der Waals surface area contributed by atoms with Crippen LogP contribution >= 0.6 is 7.82 Å². The molecule has 1 atom stereocenters. The van der Waals surface area contributed by atoms with Gasteiger partial charge in [-0.15, -0.1) is 0 Å². The highest BCUT2D eigenvalue weighted by Crippen LogP contribution is 2.35. The van der Waals surface area contributed by atoms with Crippen LogP contribution in [0.2, 0.25) is 0 Å². The zero-order valence-corrected chi connectivity index (χ0v) is 22.6. The number of esters is 1. The first-order valence-electron chi connectivity index (χ1n) is 12.9. The summed E-state index contributed by atoms with van der Waals surface area (Å²) in [6, 6.07) is 0. The minimum absolute atomic E-state index is 0.260. The van der Waals surface area contributed by atoms with Gasteiger partial charge in [0.05, 0.1) is 19.8 Å². The molecule has 1 unspecified atom stereocenters. The van der Waals surface area contributed by atoms with Crippen LogP contribution in [-0.4, -0.2) is 75.0 Å². The Morgan fingerprint density at radius 1 is 0.833 bits per heavy atom. The van der Waals surface area contributed by atoms with E-state index >= 15 is 0 Å². The molecule has 12 heteroatoms. The average Bonchev–Trinajstić information content (AvgIpc) is 2.85. The second kappa shape index (κ2) is 27.2. The van der Waals surface area contributed by atoms with Gasteiger partial charge in [0.25, 0.3) is 0 Å². The van der Waals surface area contributed by atoms with Gasteiger partial charge in [0, 0.05) is 6.42 Å². The molecule has 0 aliphatic rings. The van der Waals surface area contributed by atoms with Crippen molar-refractivity contribution in [2.24, 2.45) is 0 Å². The maximum absolute atomic E-state index is 11.6. The maximum atomic E-state index is 11.6. The number of hydrogen-bond acceptors (Lipinski definition) is 9. The van der Waals surface area contributed by atoms with Gasteiger partial charge in [-0.2, -0.15) is 0 Å². The van der Waals surface area contributed by atoms with Crippen molar-refractivity contribution < 1.29 is 53.9 Å². The number of ether oxygens (including phenoxy) is 1. The summed E-state index contributed by atoms with van der Waals surface area (Å²) >= 11 is 0. The first-order valence-corrected chi connectivity index (χ1v) is 14.4. The van der Waals surface area contributed by atoms with Crippen LogP contribution in [0.15, 0.2) is 12.2 Å². The highest BCUT2D eigenvalue weighted by Gasteiger charge is 2.20. The van der Waals surface area contributed by atoms with Gasteiger partial charge >= 0.3 is 13.8 Å². The fraction of sp³-hybridized carbons (Fsp3) is 0.875. The van der Waals surface area contributed by atoms with Gasteiger partial charge in [-0.1, -0.05) is 70.4 Å². The van der Waals surface area contributed by atoms with Crippen molar-refractivity contribution in [3.05, 3.63) is 12.2 Å². The standard InChI is InChI=1S/C21H41O8P.C3H8O3/c1-2-3-4-5-6-7-8-9-10-11-12-13-14-15-16-17-21(22)27-18-20(29-23)19-28-30(24,25)26;4-1-3(6)2-5/h9-10,20,23H,2-8,11-19H2,1H3,(H2,24,25,26);3-6H,1-2H2/b10-9-;. The summed E-state index contributed by atoms with van der Waals surface area (Å²) in [4.78, 5) is 32.8. The lowest BCUT2D eigenvalue weighted by Gasteiger charge is -2.14. The summed E-state index contributed by atoms with van der Waals surface area (Å²) in [5, 5.41) is 32.6. The Hall–Kier alpha value is -0.880. The number of phosphoric ester groups is 1. The summed E-state index contributed by atoms with van der Waals surface area (Å²) in [5.74, 6) is -0.439. The van der Waals surface area contributed by atoms with Gasteiger partial charge in [-0.3, -0.25) is 14.6 Å². The monoisotopic (exact) mass is 544 g/mol. The third kappa shape index (κ3) is 31.2. The van der Waals surface area contributed by atoms with E-state index in [9.17, 15) is 9.36 Å². The molecule has 6 N–H and O–H groups in total. The third-order valence-corrected chi connectivity index (χ3v) is 5.56. The SMILES string of the molecule is CCCCCCCC/C=C\CCCCCCCC(=O)OCC(COP(=O)(O)O)OO.OCC(O)CO. The Bertz CT molecular complexity index is 550. The van der Waals surface area contributed by atoms with Crippen LogP contribution in [0, 0.1) is 0 Å². The van der Waals surface area contributed by atoms with E-state index in [1.807, 2.05) is 0 Å². The number of unbranched alkanes of at least 4 members (excludes halogenated alkanes) is 11. The minimum atomic E-state index is -4.66. The van der Waals surface area contributed by atoms with Gasteiger partial charge in [0.1, 0.15) is 12.7 Å². The van der Waals surface area contributed by atoms with Crippen LogP contribution in [0.5, 0.6) is 0 Å². The van der Waals surface area contributed by atoms with Gasteiger partial charge in [0.15, 0.2) is 6.10 Å². The molecule has 216 valence electrons. The predicted octanol–water partition coefficient (Wildman–Crippen LogP) is 3.87. The quantitative estimate of drug-likeness (QED) is 0.0274. The number of carbonyl (C=O) groups is 1. The smallest absolute Gasteiger partial charge is 0.463 e. The topological polar surface area (TPSA) is 183 Å². The van der Waals surface area contributed by atoms with E-state index in [0.717, 1.165) is 38.5 Å². The van der Waals surface area contributed by atoms with Crippen LogP contribution in [0.1, 0.15) is 96.8 Å². The van der Waals surface area contributed by atoms with Crippen molar-refractivity contribution in [3.8, 4) is 0 Å². The zero-order chi connectivity index (χ0) is 27.5. The van der Waals surface area contributed by atoms with E-state index in [-0.39, 0.29) is 26.2 Å². The van der Waals surface area contributed by atoms with E-state index in [2.05, 4.69) is 28.5 Å². The Kier molecular flexibility index (Phi) is 28.1. The highest BCUT2D eigenvalue weighted by atomic mass is 31.2. The molecule has 0 heterocycles. The minimum Gasteiger partial charge on any atom is -0.463 e. The maximum Gasteiger partial charge on any atom is 0.469 e. The molecule has 0 rings (SSSR count). The van der Waals surface area contributed by atoms with E-state index < -0.39 is 32.6 Å². The second-order valence-corrected chi connectivity index (χ2v) is 9.79. The van der Waals surface area contributed by atoms with Crippen molar-refractivity contribution in [1.29, 1.82) is 0 Å². The van der Waals surface area contributed by atoms with Crippen LogP contribution in [0.4, 0.5) is 0 Å². The van der Waals surface area contributed by atoms with Crippen LogP contribution < -0.4 is 0 Å². The summed E-state index contributed by atoms with van der Waals surface area (Å²) in [7, 11) is -4.66. The zero-order valence-electron chi connectivity index (χ0n) is 21.7. The molecule has 0 radical (unpaired) electrons. The number of aliphatic hydroxyl groups excluding tert-OH is 3. The lowest BCUT2D eigenvalue weighted by atomic mass is 10.1. The fourth-order valence-electron chi connectivity index (χ4n) is 2.95. The van der Waals surface area contributed by atoms with E-state index in [1.165, 1.54) is 44.9 Å². The highest BCUT2D eigenvalue weighted by molar-refractivity contribution is 7.46. The molecule has 0 aliphatic heterocycles. The molecular formula is C24H49O11P. The van der Waals surface area contributed by atoms with Crippen LogP contribution in [0.25, 0.3) is 0 Å². The molecule has 0 aromatic heterocycles. The molecule has 0 saturated heterocycles. The van der Waals surface area contributed by atoms with Crippen molar-refractivity contribution in [3.63, 3.8) is 0 Å². The van der Waals surface area contributed by atoms with Crippen molar-refractivity contribution in [1.82, 2.24) is 0 Å². The van der Waals surface area contributed by atoms with Crippen LogP contribution in [0.3, 0.4) is 0 Å². The lowest BCUT2D eigenvalue weighted by molar-refractivity contribution is -0.290. The van der Waals surface area contributed by atoms with Gasteiger partial charge < -0.3 is 29.8 Å². The normalized spacial score (nSPS) is 12.6. The molecule has 0 fully saturated rings. The number of hydrogen-bond donors (Lipinski definition) is 6. The van der Waals surface area contributed by atoms with Crippen LogP contribution in [-0.2, 0) is 23.5 Å². The van der Waals surface area contributed by atoms with Crippen molar-refractivity contribution in [2.75, 3.05) is 26.4 Å². The van der Waals surface area contributed by atoms with E-state index in [4.69, 9.17) is 35.1 Å². The number of aliphatic hydroxyl groups is 3. The van der Waals surface area contributed by atoms with Gasteiger partial charge in [-0.05, 0) is 32.1 Å². The lowest BCUT2D eigenvalue weighted by Crippen LogP contribution is -2.25. The Morgan fingerprint density at radius 3 is 1.78 bits per heavy atom. The molecule has 0 saturated carbocycles. The number of carbonyl (C=O) groups excluding carboxylic acids is 1. The summed E-state index contributed by atoms with van der Waals surface area (Å²) < 4.78 is 19.7. The molecule has 0 aliphatic carbocycles. The van der Waals surface area contributed by atoms with Gasteiger partial charge in [0.2, 0.25) is 0 Å². The molecule has 11 nitrogen and oxygen atoms in total. The predicted molar refractivity (Wildman–Crippen MR) is 136 cm³/mol. The van der Waals surface area contributed by atoms with Crippen molar-refractivity contribution >= 4 is 13.8 Å². The summed E-state index contributed by atoms with van der Waals surface area (Å²) in [6.07, 6.45) is 18.0. The Morgan fingerprint density at radius 2 is 1.33 bits per heavy atom. The Labute approximate surface area is 215 Å². The summed E-state index contributed by atoms with van der Waals surface area (Å²) in [6.45, 7) is 0.593. The largest absolute Gasteiger partial charge is 0.469 e. The molecule has 0 aromatic rings. The fourth-order valence-corrected chi connectivity index (χ4v) is 3.31. The third-order valence-electron chi connectivity index (χ3n) is 5.07. The first kappa shape index (κ1) is 37.3. The molecule has 0 bridgehead atoms. The summed E-state index contributed by atoms with van der Waals surface area (Å²) in [5.41, 5.74) is 0. The number of rotatable bonds is 23. The number of phosphoric acid groups is 1. The van der Waals surface area contributed by atoms with Crippen molar-refractivity contribution in [2.45, 2.75) is 109 Å². The number of allylic oxidation sites excluding steroid dienone is 2. The Balaban J connectivity index is 0. The molecule has 0 amide bonds. The average molecular weight is 545 g/mol. The molecule has 36 heavy (non-hydrogen) atoms. The van der Waals surface area contributed by atoms with E-state index in [1.54, 1.807) is 0 Å². The molecule has 0 spiro atoms. The van der Waals surface area contributed by atoms with E-state index in [0.29, 0.717) is 0 Å². The second-order valence-electron chi connectivity index (χ2n) is 8.55. The first-order chi connectivity index (χ1) is 17.2. The molecule has 0 aromatic carbocycles. The molecular weight excluding hydrogens is 495 g/mol.